The predicted octanol–water partition coefficient (Wildman–Crippen LogP) is 2.00. The molecule has 0 saturated carbocycles. The molecular weight excluding hydrogens is 246 g/mol. The number of benzene rings is 1. The van der Waals surface area contributed by atoms with Crippen LogP contribution >= 0.6 is 0 Å². The average molecular weight is 259 g/mol. The third-order valence-corrected chi connectivity index (χ3v) is 3.40. The third kappa shape index (κ3) is 1.41. The Balaban J connectivity index is 2.53. The molecule has 3 rings (SSSR count). The van der Waals surface area contributed by atoms with Crippen LogP contribution in [0, 0.1) is 0 Å². The fourth-order valence-electron chi connectivity index (χ4n) is 2.66. The van der Waals surface area contributed by atoms with Crippen LogP contribution in [0.3, 0.4) is 0 Å². The molecule has 2 aromatic rings. The number of ether oxygens (including phenoxy) is 3. The Morgan fingerprint density at radius 2 is 1.74 bits per heavy atom. The maximum atomic E-state index is 12.0. The number of methoxy groups -OCH3 is 3. The van der Waals surface area contributed by atoms with Crippen molar-refractivity contribution in [2.45, 2.75) is 6.42 Å². The van der Waals surface area contributed by atoms with Gasteiger partial charge in [0.05, 0.1) is 21.3 Å². The van der Waals surface area contributed by atoms with Crippen LogP contribution in [-0.2, 0) is 6.42 Å². The first-order valence-corrected chi connectivity index (χ1v) is 5.85. The van der Waals surface area contributed by atoms with Gasteiger partial charge in [0, 0.05) is 29.0 Å². The van der Waals surface area contributed by atoms with Crippen molar-refractivity contribution in [1.82, 2.24) is 4.98 Å². The van der Waals surface area contributed by atoms with Crippen molar-refractivity contribution in [3.05, 3.63) is 23.5 Å². The summed E-state index contributed by atoms with van der Waals surface area (Å²) in [7, 11) is 4.67. The highest BCUT2D eigenvalue weighted by Gasteiger charge is 2.31. The molecule has 0 spiro atoms. The minimum atomic E-state index is -0.00536. The Labute approximate surface area is 110 Å². The first kappa shape index (κ1) is 11.8. The molecule has 1 aromatic heterocycles. The van der Waals surface area contributed by atoms with E-state index in [0.29, 0.717) is 22.9 Å². The van der Waals surface area contributed by atoms with Crippen LogP contribution in [-0.4, -0.2) is 32.1 Å². The summed E-state index contributed by atoms with van der Waals surface area (Å²) in [4.78, 5) is 16.2. The monoisotopic (exact) mass is 259 g/mol. The lowest BCUT2D eigenvalue weighted by Gasteiger charge is -2.16. The average Bonchev–Trinajstić information content (AvgIpc) is 2.77. The minimum absolute atomic E-state index is 0.00536. The van der Waals surface area contributed by atoms with Crippen molar-refractivity contribution >= 4 is 16.6 Å². The second-order valence-corrected chi connectivity index (χ2v) is 4.26. The lowest BCUT2D eigenvalue weighted by Crippen LogP contribution is -1.99. The molecule has 19 heavy (non-hydrogen) atoms. The van der Waals surface area contributed by atoms with Gasteiger partial charge in [-0.1, -0.05) is 0 Å². The zero-order chi connectivity index (χ0) is 13.6. The summed E-state index contributed by atoms with van der Waals surface area (Å²) in [6.07, 6.45) is 1.89. The maximum Gasteiger partial charge on any atom is 0.204 e. The van der Waals surface area contributed by atoms with Gasteiger partial charge in [-0.3, -0.25) is 9.78 Å². The first-order valence-electron chi connectivity index (χ1n) is 5.85. The van der Waals surface area contributed by atoms with Crippen LogP contribution < -0.4 is 14.2 Å². The summed E-state index contributed by atoms with van der Waals surface area (Å²) in [5.41, 5.74) is 1.30. The first-order chi connectivity index (χ1) is 9.22. The zero-order valence-corrected chi connectivity index (χ0v) is 10.9. The molecule has 0 amide bonds. The molecule has 0 N–H and O–H groups in total. The molecule has 0 radical (unpaired) electrons. The number of nitrogens with zero attached hydrogens (tertiary/aromatic N) is 1. The number of ketones is 1. The highest BCUT2D eigenvalue weighted by Crippen LogP contribution is 2.49. The van der Waals surface area contributed by atoms with Crippen LogP contribution in [0.1, 0.15) is 16.1 Å². The summed E-state index contributed by atoms with van der Waals surface area (Å²) < 4.78 is 16.2. The Kier molecular flexibility index (Phi) is 2.55. The number of pyridine rings is 1. The van der Waals surface area contributed by atoms with Gasteiger partial charge in [0.15, 0.2) is 17.3 Å². The lowest BCUT2D eigenvalue weighted by molar-refractivity contribution is 0.0995. The van der Waals surface area contributed by atoms with E-state index in [1.807, 2.05) is 6.07 Å². The van der Waals surface area contributed by atoms with Crippen molar-refractivity contribution in [1.29, 1.82) is 0 Å². The van der Waals surface area contributed by atoms with E-state index < -0.39 is 0 Å². The Hall–Kier alpha value is -2.30. The van der Waals surface area contributed by atoms with Crippen molar-refractivity contribution in [3.8, 4) is 17.2 Å². The highest BCUT2D eigenvalue weighted by molar-refractivity contribution is 6.17. The summed E-state index contributed by atoms with van der Waals surface area (Å²) in [5.74, 6) is 1.62. The van der Waals surface area contributed by atoms with E-state index >= 15 is 0 Å². The number of carbonyl (C=O) groups is 1. The van der Waals surface area contributed by atoms with E-state index in [2.05, 4.69) is 4.98 Å². The quantitative estimate of drug-likeness (QED) is 0.843. The molecule has 0 saturated heterocycles. The number of carbonyl (C=O) groups excluding carboxylic acids is 1. The standard InChI is InChI=1S/C14H13NO4/c1-17-12-7-4-5-15-11-9(16)6-8(10(7)11)13(18-2)14(12)19-3/h4-5H,6H2,1-3H3. The maximum absolute atomic E-state index is 12.0. The van der Waals surface area contributed by atoms with Crippen LogP contribution in [0.4, 0.5) is 0 Å². The fraction of sp³-hybridized carbons (Fsp3) is 0.286. The smallest absolute Gasteiger partial charge is 0.204 e. The molecule has 0 aliphatic heterocycles. The number of aromatic nitrogens is 1. The number of rotatable bonds is 3. The van der Waals surface area contributed by atoms with E-state index in [-0.39, 0.29) is 12.2 Å². The van der Waals surface area contributed by atoms with E-state index in [1.54, 1.807) is 27.5 Å². The van der Waals surface area contributed by atoms with Crippen molar-refractivity contribution in [2.75, 3.05) is 21.3 Å². The van der Waals surface area contributed by atoms with Gasteiger partial charge < -0.3 is 14.2 Å². The number of hydrogen-bond donors (Lipinski definition) is 0. The molecule has 1 aromatic carbocycles. The Morgan fingerprint density at radius 1 is 1.05 bits per heavy atom. The summed E-state index contributed by atoms with van der Waals surface area (Å²) >= 11 is 0. The molecule has 0 fully saturated rings. The predicted molar refractivity (Wildman–Crippen MR) is 69.4 cm³/mol. The molecule has 5 heteroatoms. The van der Waals surface area contributed by atoms with Crippen LogP contribution in [0.5, 0.6) is 17.2 Å². The van der Waals surface area contributed by atoms with Gasteiger partial charge in [0.1, 0.15) is 5.69 Å². The zero-order valence-electron chi connectivity index (χ0n) is 10.9. The van der Waals surface area contributed by atoms with Gasteiger partial charge in [-0.2, -0.15) is 0 Å². The molecule has 5 nitrogen and oxygen atoms in total. The van der Waals surface area contributed by atoms with E-state index in [1.165, 1.54) is 0 Å². The van der Waals surface area contributed by atoms with E-state index in [0.717, 1.165) is 16.3 Å². The highest BCUT2D eigenvalue weighted by atomic mass is 16.5. The SMILES string of the molecule is COc1c(OC)c2c3c(nccc3c1OC)C(=O)C2. The Bertz CT molecular complexity index is 694. The van der Waals surface area contributed by atoms with E-state index in [4.69, 9.17) is 14.2 Å². The van der Waals surface area contributed by atoms with Gasteiger partial charge in [-0.25, -0.2) is 0 Å². The van der Waals surface area contributed by atoms with Gasteiger partial charge in [-0.05, 0) is 6.07 Å². The van der Waals surface area contributed by atoms with Crippen molar-refractivity contribution < 1.29 is 19.0 Å². The fourth-order valence-corrected chi connectivity index (χ4v) is 2.66. The second-order valence-electron chi connectivity index (χ2n) is 4.26. The molecule has 98 valence electrons. The largest absolute Gasteiger partial charge is 0.492 e. The molecule has 0 unspecified atom stereocenters. The van der Waals surface area contributed by atoms with E-state index in [9.17, 15) is 4.79 Å². The van der Waals surface area contributed by atoms with Crippen LogP contribution in [0.2, 0.25) is 0 Å². The van der Waals surface area contributed by atoms with Crippen molar-refractivity contribution in [2.24, 2.45) is 0 Å². The Morgan fingerprint density at radius 3 is 2.37 bits per heavy atom. The summed E-state index contributed by atoms with van der Waals surface area (Å²) in [6, 6.07) is 1.82. The molecule has 1 aliphatic rings. The molecule has 0 bridgehead atoms. The topological polar surface area (TPSA) is 57.6 Å². The van der Waals surface area contributed by atoms with Crippen LogP contribution in [0.25, 0.3) is 10.8 Å². The van der Waals surface area contributed by atoms with Gasteiger partial charge in [0.2, 0.25) is 5.75 Å². The number of Topliss-reactive ketones (excluding diaryl/α,β-unsaturated/α-hetero) is 1. The summed E-state index contributed by atoms with van der Waals surface area (Å²) in [5, 5.41) is 1.63. The van der Waals surface area contributed by atoms with Crippen LogP contribution in [0.15, 0.2) is 12.3 Å². The third-order valence-electron chi connectivity index (χ3n) is 3.40. The van der Waals surface area contributed by atoms with Gasteiger partial charge in [-0.15, -0.1) is 0 Å². The van der Waals surface area contributed by atoms with Gasteiger partial charge >= 0.3 is 0 Å². The molecule has 1 aliphatic carbocycles. The normalized spacial score (nSPS) is 12.9. The molecule has 1 heterocycles. The van der Waals surface area contributed by atoms with Gasteiger partial charge in [0.25, 0.3) is 0 Å². The second kappa shape index (κ2) is 4.12. The lowest BCUT2D eigenvalue weighted by atomic mass is 10.0. The number of hydrogen-bond acceptors (Lipinski definition) is 5. The molecular formula is C14H13NO4. The summed E-state index contributed by atoms with van der Waals surface area (Å²) in [6.45, 7) is 0. The minimum Gasteiger partial charge on any atom is -0.492 e. The van der Waals surface area contributed by atoms with Crippen molar-refractivity contribution in [3.63, 3.8) is 0 Å². The molecule has 0 atom stereocenters.